The predicted octanol–water partition coefficient (Wildman–Crippen LogP) is 3.37. The van der Waals surface area contributed by atoms with E-state index in [2.05, 4.69) is 15.5 Å². The highest BCUT2D eigenvalue weighted by molar-refractivity contribution is 7.18. The summed E-state index contributed by atoms with van der Waals surface area (Å²) in [5.74, 6) is -0.590. The second-order valence-corrected chi connectivity index (χ2v) is 5.48. The molecule has 8 heteroatoms. The maximum absolute atomic E-state index is 12.2. The molecule has 0 saturated carbocycles. The van der Waals surface area contributed by atoms with Crippen LogP contribution in [0.25, 0.3) is 10.6 Å². The van der Waals surface area contributed by atoms with Crippen molar-refractivity contribution in [1.29, 1.82) is 0 Å². The van der Waals surface area contributed by atoms with Gasteiger partial charge in [-0.3, -0.25) is 20.2 Å². The number of hydrogen-bond acceptors (Lipinski definition) is 6. The molecule has 0 bridgehead atoms. The van der Waals surface area contributed by atoms with Crippen molar-refractivity contribution < 1.29 is 9.72 Å². The number of hydrogen-bond donors (Lipinski definition) is 1. The van der Waals surface area contributed by atoms with Gasteiger partial charge in [0, 0.05) is 11.6 Å². The molecule has 0 unspecified atom stereocenters. The van der Waals surface area contributed by atoms with Gasteiger partial charge in [0.1, 0.15) is 10.6 Å². The first-order valence-electron chi connectivity index (χ1n) is 6.59. The Kier molecular flexibility index (Phi) is 4.07. The fourth-order valence-corrected chi connectivity index (χ4v) is 2.70. The van der Waals surface area contributed by atoms with Gasteiger partial charge in [0.2, 0.25) is 5.13 Å². The molecule has 1 aromatic heterocycles. The number of benzene rings is 2. The molecule has 0 saturated heterocycles. The van der Waals surface area contributed by atoms with Crippen LogP contribution in [0.5, 0.6) is 0 Å². The van der Waals surface area contributed by atoms with Crippen LogP contribution in [-0.2, 0) is 0 Å². The van der Waals surface area contributed by atoms with E-state index < -0.39 is 10.8 Å². The molecule has 0 spiro atoms. The van der Waals surface area contributed by atoms with Crippen LogP contribution in [0.1, 0.15) is 10.4 Å². The molecular formula is C15H10N4O3S. The lowest BCUT2D eigenvalue weighted by Gasteiger charge is -2.01. The van der Waals surface area contributed by atoms with Gasteiger partial charge in [0.15, 0.2) is 0 Å². The monoisotopic (exact) mass is 326 g/mol. The molecular weight excluding hydrogens is 316 g/mol. The van der Waals surface area contributed by atoms with E-state index in [0.717, 1.165) is 5.56 Å². The van der Waals surface area contributed by atoms with Crippen molar-refractivity contribution in [1.82, 2.24) is 10.2 Å². The maximum atomic E-state index is 12.2. The number of nitrogens with zero attached hydrogens (tertiary/aromatic N) is 3. The largest absolute Gasteiger partial charge is 0.296 e. The zero-order valence-corrected chi connectivity index (χ0v) is 12.5. The quantitative estimate of drug-likeness (QED) is 0.585. The van der Waals surface area contributed by atoms with Gasteiger partial charge in [0.25, 0.3) is 11.6 Å². The molecule has 7 nitrogen and oxygen atoms in total. The molecule has 3 aromatic rings. The molecule has 0 fully saturated rings. The van der Waals surface area contributed by atoms with Gasteiger partial charge in [-0.05, 0) is 6.07 Å². The van der Waals surface area contributed by atoms with E-state index in [0.29, 0.717) is 5.01 Å². The third kappa shape index (κ3) is 3.22. The highest BCUT2D eigenvalue weighted by Crippen LogP contribution is 2.27. The topological polar surface area (TPSA) is 98.0 Å². The van der Waals surface area contributed by atoms with Crippen LogP contribution in [0.2, 0.25) is 0 Å². The van der Waals surface area contributed by atoms with Crippen LogP contribution >= 0.6 is 11.3 Å². The number of nitro groups is 1. The van der Waals surface area contributed by atoms with Crippen molar-refractivity contribution in [3.63, 3.8) is 0 Å². The predicted molar refractivity (Wildman–Crippen MR) is 86.4 cm³/mol. The van der Waals surface area contributed by atoms with E-state index in [4.69, 9.17) is 0 Å². The average Bonchev–Trinajstić information content (AvgIpc) is 3.04. The minimum atomic E-state index is -0.593. The summed E-state index contributed by atoms with van der Waals surface area (Å²) < 4.78 is 0. The lowest BCUT2D eigenvalue weighted by molar-refractivity contribution is -0.385. The summed E-state index contributed by atoms with van der Waals surface area (Å²) in [5.41, 5.74) is 0.614. The van der Waals surface area contributed by atoms with Gasteiger partial charge in [-0.15, -0.1) is 10.2 Å². The Balaban J connectivity index is 1.82. The number of rotatable bonds is 4. The SMILES string of the molecule is O=C(Nc1nnc(-c2ccccc2)s1)c1ccccc1[N+](=O)[O-]. The standard InChI is InChI=1S/C15H10N4O3S/c20-13(11-8-4-5-9-12(11)19(21)22)16-15-18-17-14(23-15)10-6-2-1-3-7-10/h1-9H,(H,16,18,20). The van der Waals surface area contributed by atoms with Gasteiger partial charge in [0.05, 0.1) is 4.92 Å². The van der Waals surface area contributed by atoms with Crippen molar-refractivity contribution in [3.05, 3.63) is 70.3 Å². The zero-order chi connectivity index (χ0) is 16.2. The highest BCUT2D eigenvalue weighted by atomic mass is 32.1. The minimum absolute atomic E-state index is 0.0195. The van der Waals surface area contributed by atoms with E-state index in [9.17, 15) is 14.9 Å². The van der Waals surface area contributed by atoms with Crippen molar-refractivity contribution in [3.8, 4) is 10.6 Å². The van der Waals surface area contributed by atoms with Gasteiger partial charge in [-0.2, -0.15) is 0 Å². The van der Waals surface area contributed by atoms with Gasteiger partial charge in [-0.25, -0.2) is 0 Å². The number of carbonyl (C=O) groups excluding carboxylic acids is 1. The molecule has 2 aromatic carbocycles. The minimum Gasteiger partial charge on any atom is -0.296 e. The average molecular weight is 326 g/mol. The fraction of sp³-hybridized carbons (Fsp3) is 0. The Morgan fingerprint density at radius 1 is 1.04 bits per heavy atom. The second kappa shape index (κ2) is 6.32. The zero-order valence-electron chi connectivity index (χ0n) is 11.7. The summed E-state index contributed by atoms with van der Waals surface area (Å²) >= 11 is 1.20. The number of aromatic nitrogens is 2. The van der Waals surface area contributed by atoms with Crippen LogP contribution in [-0.4, -0.2) is 21.0 Å². The Hall–Kier alpha value is -3.13. The molecule has 1 amide bonds. The summed E-state index contributed by atoms with van der Waals surface area (Å²) in [7, 11) is 0. The van der Waals surface area contributed by atoms with E-state index in [1.54, 1.807) is 6.07 Å². The lowest BCUT2D eigenvalue weighted by atomic mass is 10.1. The Morgan fingerprint density at radius 3 is 2.48 bits per heavy atom. The van der Waals surface area contributed by atoms with Crippen LogP contribution in [0.4, 0.5) is 10.8 Å². The number of anilines is 1. The number of nitro benzene ring substituents is 1. The first kappa shape index (κ1) is 14.8. The molecule has 3 rings (SSSR count). The van der Waals surface area contributed by atoms with Crippen LogP contribution in [0.3, 0.4) is 0 Å². The summed E-state index contributed by atoms with van der Waals surface area (Å²) in [6.07, 6.45) is 0. The summed E-state index contributed by atoms with van der Waals surface area (Å²) in [5, 5.41) is 22.4. The van der Waals surface area contributed by atoms with Gasteiger partial charge in [-0.1, -0.05) is 53.8 Å². The maximum Gasteiger partial charge on any atom is 0.282 e. The molecule has 1 N–H and O–H groups in total. The van der Waals surface area contributed by atoms with Crippen LogP contribution in [0, 0.1) is 10.1 Å². The summed E-state index contributed by atoms with van der Waals surface area (Å²) in [6, 6.07) is 15.2. The Labute approximate surface area is 134 Å². The van der Waals surface area contributed by atoms with E-state index in [1.807, 2.05) is 30.3 Å². The van der Waals surface area contributed by atoms with Crippen LogP contribution in [0.15, 0.2) is 54.6 Å². The fourth-order valence-electron chi connectivity index (χ4n) is 1.96. The van der Waals surface area contributed by atoms with Gasteiger partial charge >= 0.3 is 0 Å². The molecule has 0 aliphatic carbocycles. The third-order valence-corrected chi connectivity index (χ3v) is 3.90. The lowest BCUT2D eigenvalue weighted by Crippen LogP contribution is -2.13. The first-order chi connectivity index (χ1) is 11.1. The van der Waals surface area contributed by atoms with Crippen molar-refractivity contribution in [2.45, 2.75) is 0 Å². The van der Waals surface area contributed by atoms with E-state index >= 15 is 0 Å². The molecule has 114 valence electrons. The van der Waals surface area contributed by atoms with E-state index in [1.165, 1.54) is 29.5 Å². The third-order valence-electron chi connectivity index (χ3n) is 3.01. The number of para-hydroxylation sites is 1. The van der Waals surface area contributed by atoms with Crippen LogP contribution < -0.4 is 5.32 Å². The molecule has 0 aliphatic rings. The first-order valence-corrected chi connectivity index (χ1v) is 7.40. The highest BCUT2D eigenvalue weighted by Gasteiger charge is 2.20. The second-order valence-electron chi connectivity index (χ2n) is 4.51. The molecule has 0 radical (unpaired) electrons. The summed E-state index contributed by atoms with van der Waals surface area (Å²) in [6.45, 7) is 0. The molecule has 1 heterocycles. The molecule has 0 atom stereocenters. The summed E-state index contributed by atoms with van der Waals surface area (Å²) in [4.78, 5) is 22.6. The van der Waals surface area contributed by atoms with E-state index in [-0.39, 0.29) is 16.4 Å². The molecule has 23 heavy (non-hydrogen) atoms. The number of nitrogens with one attached hydrogen (secondary N) is 1. The van der Waals surface area contributed by atoms with Crippen molar-refractivity contribution in [2.24, 2.45) is 0 Å². The number of amides is 1. The van der Waals surface area contributed by atoms with Crippen molar-refractivity contribution >= 4 is 28.1 Å². The number of carbonyl (C=O) groups is 1. The normalized spacial score (nSPS) is 10.3. The Morgan fingerprint density at radius 2 is 1.74 bits per heavy atom. The molecule has 0 aliphatic heterocycles. The Bertz CT molecular complexity index is 864. The van der Waals surface area contributed by atoms with Crippen molar-refractivity contribution in [2.75, 3.05) is 5.32 Å². The smallest absolute Gasteiger partial charge is 0.282 e. The van der Waals surface area contributed by atoms with Gasteiger partial charge < -0.3 is 0 Å².